The normalized spacial score (nSPS) is 17.2. The lowest BCUT2D eigenvalue weighted by Gasteiger charge is -2.35. The first-order valence-electron chi connectivity index (χ1n) is 8.16. The van der Waals surface area contributed by atoms with Gasteiger partial charge in [-0.05, 0) is 25.3 Å². The van der Waals surface area contributed by atoms with Gasteiger partial charge in [0, 0.05) is 37.8 Å². The molecule has 1 aliphatic rings. The van der Waals surface area contributed by atoms with Gasteiger partial charge < -0.3 is 10.1 Å². The Labute approximate surface area is 133 Å². The van der Waals surface area contributed by atoms with Gasteiger partial charge >= 0.3 is 0 Å². The first-order valence-corrected chi connectivity index (χ1v) is 8.16. The maximum absolute atomic E-state index is 14.7. The predicted molar refractivity (Wildman–Crippen MR) is 88.8 cm³/mol. The van der Waals surface area contributed by atoms with Gasteiger partial charge in [0.15, 0.2) is 11.6 Å². The van der Waals surface area contributed by atoms with Gasteiger partial charge in [0.2, 0.25) is 0 Å². The fourth-order valence-electron chi connectivity index (χ4n) is 3.10. The molecule has 1 aromatic rings. The summed E-state index contributed by atoms with van der Waals surface area (Å²) in [5.41, 5.74) is 0.764. The van der Waals surface area contributed by atoms with E-state index in [2.05, 4.69) is 16.8 Å². The van der Waals surface area contributed by atoms with E-state index in [0.717, 1.165) is 57.4 Å². The van der Waals surface area contributed by atoms with Crippen LogP contribution in [-0.4, -0.2) is 38.2 Å². The molecule has 0 bridgehead atoms. The molecule has 22 heavy (non-hydrogen) atoms. The number of unbranched alkanes of at least 4 members (excludes halogenated alkanes) is 2. The SMILES string of the molecule is C=CCCCC[C@H](c1cccc(OC)c1F)N1CCNCC1. The number of rotatable bonds is 8. The molecule has 1 aromatic carbocycles. The van der Waals surface area contributed by atoms with Gasteiger partial charge in [-0.15, -0.1) is 6.58 Å². The fraction of sp³-hybridized carbons (Fsp3) is 0.556. The number of allylic oxidation sites excluding steroid dienone is 1. The quantitative estimate of drug-likeness (QED) is 0.587. The lowest BCUT2D eigenvalue weighted by atomic mass is 9.97. The summed E-state index contributed by atoms with van der Waals surface area (Å²) in [5.74, 6) is 0.126. The van der Waals surface area contributed by atoms with Gasteiger partial charge in [-0.25, -0.2) is 4.39 Å². The van der Waals surface area contributed by atoms with Crippen LogP contribution in [0.3, 0.4) is 0 Å². The highest BCUT2D eigenvalue weighted by Crippen LogP contribution is 2.32. The van der Waals surface area contributed by atoms with Crippen molar-refractivity contribution in [2.45, 2.75) is 31.7 Å². The van der Waals surface area contributed by atoms with Gasteiger partial charge in [0.05, 0.1) is 7.11 Å². The van der Waals surface area contributed by atoms with Crippen LogP contribution < -0.4 is 10.1 Å². The first kappa shape index (κ1) is 17.0. The maximum Gasteiger partial charge on any atom is 0.169 e. The number of nitrogens with zero attached hydrogens (tertiary/aromatic N) is 1. The summed E-state index contributed by atoms with van der Waals surface area (Å²) < 4.78 is 19.8. The molecule has 122 valence electrons. The van der Waals surface area contributed by atoms with Gasteiger partial charge in [-0.3, -0.25) is 4.90 Å². The van der Waals surface area contributed by atoms with Crippen molar-refractivity contribution in [2.24, 2.45) is 0 Å². The number of methoxy groups -OCH3 is 1. The number of hydrogen-bond acceptors (Lipinski definition) is 3. The molecular formula is C18H27FN2O. The van der Waals surface area contributed by atoms with Crippen molar-refractivity contribution in [1.29, 1.82) is 0 Å². The average Bonchev–Trinajstić information content (AvgIpc) is 2.57. The zero-order valence-electron chi connectivity index (χ0n) is 13.5. The van der Waals surface area contributed by atoms with Crippen molar-refractivity contribution in [3.05, 3.63) is 42.2 Å². The molecule has 0 aliphatic carbocycles. The van der Waals surface area contributed by atoms with E-state index in [-0.39, 0.29) is 11.9 Å². The van der Waals surface area contributed by atoms with Crippen molar-refractivity contribution in [1.82, 2.24) is 10.2 Å². The molecule has 0 radical (unpaired) electrons. The van der Waals surface area contributed by atoms with E-state index in [1.54, 1.807) is 6.07 Å². The standard InChI is InChI=1S/C18H27FN2O/c1-3-4-5-6-9-16(21-13-11-20-12-14-21)15-8-7-10-17(22-2)18(15)19/h3,7-8,10,16,20H,1,4-6,9,11-14H2,2H3/t16-/m1/s1. The molecule has 1 fully saturated rings. The molecule has 1 saturated heterocycles. The van der Waals surface area contributed by atoms with Gasteiger partial charge in [-0.1, -0.05) is 24.6 Å². The first-order chi connectivity index (χ1) is 10.8. The smallest absolute Gasteiger partial charge is 0.169 e. The fourth-order valence-corrected chi connectivity index (χ4v) is 3.10. The van der Waals surface area contributed by atoms with E-state index in [0.29, 0.717) is 5.75 Å². The molecule has 1 aliphatic heterocycles. The van der Waals surface area contributed by atoms with Crippen LogP contribution in [0.4, 0.5) is 4.39 Å². The van der Waals surface area contributed by atoms with Gasteiger partial charge in [0.1, 0.15) is 0 Å². The zero-order chi connectivity index (χ0) is 15.8. The molecule has 1 atom stereocenters. The Kier molecular flexibility index (Phi) is 6.87. The van der Waals surface area contributed by atoms with Crippen molar-refractivity contribution >= 4 is 0 Å². The minimum atomic E-state index is -0.211. The highest BCUT2D eigenvalue weighted by atomic mass is 19.1. The van der Waals surface area contributed by atoms with E-state index in [4.69, 9.17) is 4.74 Å². The summed E-state index contributed by atoms with van der Waals surface area (Å²) >= 11 is 0. The Morgan fingerprint density at radius 2 is 2.14 bits per heavy atom. The molecular weight excluding hydrogens is 279 g/mol. The maximum atomic E-state index is 14.7. The topological polar surface area (TPSA) is 24.5 Å². The van der Waals surface area contributed by atoms with Gasteiger partial charge in [0.25, 0.3) is 0 Å². The minimum absolute atomic E-state index is 0.127. The molecule has 0 amide bonds. The molecule has 0 spiro atoms. The van der Waals surface area contributed by atoms with E-state index in [9.17, 15) is 4.39 Å². The Balaban J connectivity index is 2.16. The van der Waals surface area contributed by atoms with Crippen molar-refractivity contribution in [2.75, 3.05) is 33.3 Å². The molecule has 3 nitrogen and oxygen atoms in total. The highest BCUT2D eigenvalue weighted by Gasteiger charge is 2.25. The summed E-state index contributed by atoms with van der Waals surface area (Å²) in [7, 11) is 1.52. The Hall–Kier alpha value is -1.39. The summed E-state index contributed by atoms with van der Waals surface area (Å²) in [6.45, 7) is 7.62. The van der Waals surface area contributed by atoms with E-state index < -0.39 is 0 Å². The monoisotopic (exact) mass is 306 g/mol. The number of benzene rings is 1. The summed E-state index contributed by atoms with van der Waals surface area (Å²) in [4.78, 5) is 2.39. The molecule has 4 heteroatoms. The van der Waals surface area contributed by atoms with E-state index >= 15 is 0 Å². The summed E-state index contributed by atoms with van der Waals surface area (Å²) in [6, 6.07) is 5.60. The predicted octanol–water partition coefficient (Wildman–Crippen LogP) is 3.53. The number of nitrogens with one attached hydrogen (secondary N) is 1. The number of halogens is 1. The second-order valence-electron chi connectivity index (χ2n) is 5.74. The zero-order valence-corrected chi connectivity index (χ0v) is 13.5. The van der Waals surface area contributed by atoms with Crippen molar-refractivity contribution in [3.8, 4) is 5.75 Å². The van der Waals surface area contributed by atoms with Crippen LogP contribution in [0.2, 0.25) is 0 Å². The third-order valence-electron chi connectivity index (χ3n) is 4.30. The Morgan fingerprint density at radius 3 is 2.82 bits per heavy atom. The number of ether oxygens (including phenoxy) is 1. The minimum Gasteiger partial charge on any atom is -0.494 e. The van der Waals surface area contributed by atoms with Crippen LogP contribution in [0.15, 0.2) is 30.9 Å². The van der Waals surface area contributed by atoms with Crippen LogP contribution in [-0.2, 0) is 0 Å². The Morgan fingerprint density at radius 1 is 1.36 bits per heavy atom. The second-order valence-corrected chi connectivity index (χ2v) is 5.74. The molecule has 1 N–H and O–H groups in total. The lowest BCUT2D eigenvalue weighted by Crippen LogP contribution is -2.45. The van der Waals surface area contributed by atoms with Crippen LogP contribution >= 0.6 is 0 Å². The van der Waals surface area contributed by atoms with Crippen molar-refractivity contribution < 1.29 is 9.13 Å². The molecule has 0 unspecified atom stereocenters. The second kappa shape index (κ2) is 8.91. The Bertz CT molecular complexity index is 472. The number of piperazine rings is 1. The van der Waals surface area contributed by atoms with Crippen LogP contribution in [0.5, 0.6) is 5.75 Å². The number of hydrogen-bond donors (Lipinski definition) is 1. The van der Waals surface area contributed by atoms with Gasteiger partial charge in [-0.2, -0.15) is 0 Å². The van der Waals surface area contributed by atoms with Crippen LogP contribution in [0.25, 0.3) is 0 Å². The summed E-state index contributed by atoms with van der Waals surface area (Å²) in [6.07, 6.45) is 6.13. The lowest BCUT2D eigenvalue weighted by molar-refractivity contribution is 0.159. The van der Waals surface area contributed by atoms with Crippen LogP contribution in [0, 0.1) is 5.82 Å². The highest BCUT2D eigenvalue weighted by molar-refractivity contribution is 5.33. The molecule has 2 rings (SSSR count). The third kappa shape index (κ3) is 4.31. The van der Waals surface area contributed by atoms with Crippen LogP contribution in [0.1, 0.15) is 37.3 Å². The molecule has 1 heterocycles. The average molecular weight is 306 g/mol. The van der Waals surface area contributed by atoms with E-state index in [1.165, 1.54) is 7.11 Å². The summed E-state index contributed by atoms with van der Waals surface area (Å²) in [5, 5.41) is 3.36. The van der Waals surface area contributed by atoms with E-state index in [1.807, 2.05) is 18.2 Å². The van der Waals surface area contributed by atoms with Crippen molar-refractivity contribution in [3.63, 3.8) is 0 Å². The largest absolute Gasteiger partial charge is 0.494 e. The molecule has 0 aromatic heterocycles. The molecule has 0 saturated carbocycles. The third-order valence-corrected chi connectivity index (χ3v) is 4.30.